The van der Waals surface area contributed by atoms with Gasteiger partial charge < -0.3 is 36.3 Å². The SMILES string of the molecule is CC(C)[C@H]1COCCCCOc2ccc(cc2)C[C@@H](NC(=O)NC(CCCC(C)(C)N)C(=O)O)C(=O)N1. The number of urea groups is 1. The van der Waals surface area contributed by atoms with Crippen molar-refractivity contribution in [2.75, 3.05) is 19.8 Å². The molecule has 1 aromatic rings. The van der Waals surface area contributed by atoms with Crippen LogP contribution in [0.5, 0.6) is 5.75 Å². The lowest BCUT2D eigenvalue weighted by Gasteiger charge is -2.27. The van der Waals surface area contributed by atoms with Crippen molar-refractivity contribution in [2.24, 2.45) is 11.7 Å². The predicted molar refractivity (Wildman–Crippen MR) is 141 cm³/mol. The first-order valence-corrected chi connectivity index (χ1v) is 13.1. The Hall–Kier alpha value is -2.85. The molecule has 6 N–H and O–H groups in total. The van der Waals surface area contributed by atoms with Crippen molar-refractivity contribution >= 4 is 17.9 Å². The van der Waals surface area contributed by atoms with Crippen molar-refractivity contribution in [1.82, 2.24) is 16.0 Å². The maximum atomic E-state index is 13.3. The monoisotopic (exact) mass is 520 g/mol. The number of hydrogen-bond donors (Lipinski definition) is 5. The van der Waals surface area contributed by atoms with Gasteiger partial charge in [0.25, 0.3) is 0 Å². The van der Waals surface area contributed by atoms with Crippen LogP contribution in [0.1, 0.15) is 65.4 Å². The van der Waals surface area contributed by atoms with Gasteiger partial charge in [-0.3, -0.25) is 4.79 Å². The molecule has 3 rings (SSSR count). The second-order valence-electron chi connectivity index (χ2n) is 10.8. The van der Waals surface area contributed by atoms with Crippen LogP contribution in [0.2, 0.25) is 0 Å². The van der Waals surface area contributed by atoms with Crippen LogP contribution < -0.4 is 26.4 Å². The number of benzene rings is 1. The number of hydrogen-bond acceptors (Lipinski definition) is 6. The number of nitrogens with one attached hydrogen (secondary N) is 3. The summed E-state index contributed by atoms with van der Waals surface area (Å²) in [5.41, 5.74) is 6.39. The van der Waals surface area contributed by atoms with E-state index in [0.717, 1.165) is 24.2 Å². The molecular formula is C27H44N4O6. The number of ether oxygens (including phenoxy) is 2. The minimum absolute atomic E-state index is 0.114. The van der Waals surface area contributed by atoms with Gasteiger partial charge in [-0.2, -0.15) is 0 Å². The van der Waals surface area contributed by atoms with Crippen molar-refractivity contribution in [3.63, 3.8) is 0 Å². The van der Waals surface area contributed by atoms with Gasteiger partial charge in [-0.05, 0) is 69.6 Å². The molecule has 2 aliphatic rings. The molecule has 2 heterocycles. The summed E-state index contributed by atoms with van der Waals surface area (Å²) in [6, 6.07) is 4.43. The molecular weight excluding hydrogens is 476 g/mol. The molecule has 0 fully saturated rings. The van der Waals surface area contributed by atoms with Crippen molar-refractivity contribution in [3.05, 3.63) is 29.8 Å². The number of amides is 3. The third kappa shape index (κ3) is 11.8. The second kappa shape index (κ2) is 14.8. The Bertz CT molecular complexity index is 869. The first-order valence-electron chi connectivity index (χ1n) is 13.1. The Labute approximate surface area is 220 Å². The number of carboxylic acid groups (broad SMARTS) is 1. The van der Waals surface area contributed by atoms with Crippen molar-refractivity contribution in [3.8, 4) is 5.75 Å². The van der Waals surface area contributed by atoms with Gasteiger partial charge in [0.1, 0.15) is 17.8 Å². The van der Waals surface area contributed by atoms with Gasteiger partial charge in [0.05, 0.1) is 19.3 Å². The Kier molecular flexibility index (Phi) is 12.1. The van der Waals surface area contributed by atoms with E-state index in [4.69, 9.17) is 15.2 Å². The molecule has 2 bridgehead atoms. The van der Waals surface area contributed by atoms with E-state index >= 15 is 0 Å². The Balaban J connectivity index is 2.15. The molecule has 1 unspecified atom stereocenters. The van der Waals surface area contributed by atoms with E-state index < -0.39 is 29.6 Å². The zero-order chi connectivity index (χ0) is 27.4. The molecule has 3 amide bonds. The number of carboxylic acids is 1. The largest absolute Gasteiger partial charge is 0.494 e. The van der Waals surface area contributed by atoms with Crippen LogP contribution in [-0.2, 0) is 20.7 Å². The van der Waals surface area contributed by atoms with Crippen molar-refractivity contribution in [1.29, 1.82) is 0 Å². The topological polar surface area (TPSA) is 152 Å². The van der Waals surface area contributed by atoms with Crippen LogP contribution in [0, 0.1) is 5.92 Å². The van der Waals surface area contributed by atoms with Gasteiger partial charge in [-0.1, -0.05) is 26.0 Å². The first-order chi connectivity index (χ1) is 17.4. The van der Waals surface area contributed by atoms with Crippen molar-refractivity contribution < 1.29 is 29.0 Å². The minimum Gasteiger partial charge on any atom is -0.494 e. The summed E-state index contributed by atoms with van der Waals surface area (Å²) in [7, 11) is 0. The first kappa shape index (κ1) is 30.4. The molecule has 208 valence electrons. The molecule has 10 nitrogen and oxygen atoms in total. The summed E-state index contributed by atoms with van der Waals surface area (Å²) in [6.45, 7) is 9.23. The molecule has 3 atom stereocenters. The predicted octanol–water partition coefficient (Wildman–Crippen LogP) is 2.59. The number of fused-ring (bicyclic) bond motifs is 13. The minimum atomic E-state index is -1.14. The highest BCUT2D eigenvalue weighted by Gasteiger charge is 2.27. The molecule has 2 aliphatic heterocycles. The normalized spacial score (nSPS) is 20.5. The zero-order valence-corrected chi connectivity index (χ0v) is 22.5. The molecule has 0 radical (unpaired) electrons. The fourth-order valence-electron chi connectivity index (χ4n) is 3.93. The lowest BCUT2D eigenvalue weighted by atomic mass is 9.97. The van der Waals surface area contributed by atoms with Gasteiger partial charge in [0, 0.05) is 18.6 Å². The Morgan fingerprint density at radius 1 is 1.19 bits per heavy atom. The zero-order valence-electron chi connectivity index (χ0n) is 22.5. The molecule has 0 aliphatic carbocycles. The summed E-state index contributed by atoms with van der Waals surface area (Å²) in [5, 5.41) is 17.8. The molecule has 1 aromatic carbocycles. The fourth-order valence-corrected chi connectivity index (χ4v) is 3.93. The van der Waals surface area contributed by atoms with E-state index in [-0.39, 0.29) is 30.7 Å². The van der Waals surface area contributed by atoms with Crippen LogP contribution in [0.15, 0.2) is 24.3 Å². The van der Waals surface area contributed by atoms with Gasteiger partial charge in [0.2, 0.25) is 5.91 Å². The number of carbonyl (C=O) groups is 3. The highest BCUT2D eigenvalue weighted by atomic mass is 16.5. The smallest absolute Gasteiger partial charge is 0.326 e. The van der Waals surface area contributed by atoms with E-state index in [1.165, 1.54) is 0 Å². The quantitative estimate of drug-likeness (QED) is 0.353. The fraction of sp³-hybridized carbons (Fsp3) is 0.667. The second-order valence-corrected chi connectivity index (χ2v) is 10.8. The number of carbonyl (C=O) groups excluding carboxylic acids is 2. The highest BCUT2D eigenvalue weighted by Crippen LogP contribution is 2.15. The van der Waals surface area contributed by atoms with Gasteiger partial charge in [0.15, 0.2) is 0 Å². The standard InChI is InChI=1S/C27H44N4O6/c1-18(2)23-17-36-14-5-6-15-37-20-11-9-19(10-12-20)16-22(24(32)29-23)31-26(35)30-21(25(33)34)8-7-13-27(3,4)28/h9-12,18,21-23H,5-8,13-17,28H2,1-4H3,(H,29,32)(H,33,34)(H2,30,31,35)/t21?,22-,23-/m1/s1. The summed E-state index contributed by atoms with van der Waals surface area (Å²) >= 11 is 0. The molecule has 0 saturated heterocycles. The average molecular weight is 521 g/mol. The van der Waals surface area contributed by atoms with E-state index in [2.05, 4.69) is 16.0 Å². The van der Waals surface area contributed by atoms with Crippen LogP contribution in [0.25, 0.3) is 0 Å². The van der Waals surface area contributed by atoms with E-state index in [1.54, 1.807) is 0 Å². The highest BCUT2D eigenvalue weighted by molar-refractivity contribution is 5.89. The lowest BCUT2D eigenvalue weighted by Crippen LogP contribution is -2.56. The molecule has 0 aromatic heterocycles. The van der Waals surface area contributed by atoms with Crippen LogP contribution in [-0.4, -0.2) is 66.5 Å². The molecule has 37 heavy (non-hydrogen) atoms. The maximum absolute atomic E-state index is 13.3. The number of aliphatic carboxylic acids is 1. The van der Waals surface area contributed by atoms with E-state index in [1.807, 2.05) is 52.0 Å². The average Bonchev–Trinajstić information content (AvgIpc) is 2.80. The summed E-state index contributed by atoms with van der Waals surface area (Å²) in [5.74, 6) is -0.655. The van der Waals surface area contributed by atoms with Crippen LogP contribution in [0.3, 0.4) is 0 Å². The molecule has 0 spiro atoms. The summed E-state index contributed by atoms with van der Waals surface area (Å²) in [6.07, 6.45) is 3.31. The summed E-state index contributed by atoms with van der Waals surface area (Å²) < 4.78 is 11.6. The van der Waals surface area contributed by atoms with Gasteiger partial charge >= 0.3 is 12.0 Å². The lowest BCUT2D eigenvalue weighted by molar-refractivity contribution is -0.139. The third-order valence-electron chi connectivity index (χ3n) is 6.28. The maximum Gasteiger partial charge on any atom is 0.326 e. The van der Waals surface area contributed by atoms with E-state index in [0.29, 0.717) is 32.7 Å². The van der Waals surface area contributed by atoms with Crippen LogP contribution in [0.4, 0.5) is 4.79 Å². The van der Waals surface area contributed by atoms with Gasteiger partial charge in [-0.15, -0.1) is 0 Å². The number of rotatable bonds is 8. The van der Waals surface area contributed by atoms with Gasteiger partial charge in [-0.25, -0.2) is 9.59 Å². The molecule has 0 saturated carbocycles. The van der Waals surface area contributed by atoms with Crippen molar-refractivity contribution in [2.45, 2.75) is 89.9 Å². The third-order valence-corrected chi connectivity index (χ3v) is 6.28. The Morgan fingerprint density at radius 2 is 1.86 bits per heavy atom. The van der Waals surface area contributed by atoms with Crippen LogP contribution >= 0.6 is 0 Å². The van der Waals surface area contributed by atoms with E-state index in [9.17, 15) is 19.5 Å². The summed E-state index contributed by atoms with van der Waals surface area (Å²) in [4.78, 5) is 37.9. The Morgan fingerprint density at radius 3 is 2.49 bits per heavy atom. The number of nitrogens with two attached hydrogens (primary N) is 1. The molecule has 10 heteroatoms.